The van der Waals surface area contributed by atoms with Crippen molar-refractivity contribution in [2.75, 3.05) is 0 Å². The van der Waals surface area contributed by atoms with Crippen LogP contribution in [0.25, 0.3) is 22.3 Å². The van der Waals surface area contributed by atoms with Crippen LogP contribution in [0, 0.1) is 0 Å². The van der Waals surface area contributed by atoms with Crippen molar-refractivity contribution >= 4 is 11.6 Å². The summed E-state index contributed by atoms with van der Waals surface area (Å²) < 4.78 is 0. The molecule has 0 bridgehead atoms. The average Bonchev–Trinajstić information content (AvgIpc) is 2.75. The largest absolute Gasteiger partial charge is 0.389 e. The number of hydrogen-bond acceptors (Lipinski definition) is 4. The van der Waals surface area contributed by atoms with Crippen LogP contribution in [-0.2, 0) is 6.61 Å². The van der Waals surface area contributed by atoms with Gasteiger partial charge in [0, 0.05) is 23.0 Å². The van der Waals surface area contributed by atoms with Gasteiger partial charge >= 0.3 is 5.56 Å². The molecule has 0 fully saturated rings. The number of hydrogen-bond donors (Lipinski definition) is 0. The summed E-state index contributed by atoms with van der Waals surface area (Å²) in [5, 5.41) is 4.84. The maximum atomic E-state index is 13.2. The molecule has 6 heteroatoms. The first kappa shape index (κ1) is 17.9. The fourth-order valence-electron chi connectivity index (χ4n) is 2.89. The van der Waals surface area contributed by atoms with E-state index in [1.807, 2.05) is 42.5 Å². The third-order valence-corrected chi connectivity index (χ3v) is 4.52. The van der Waals surface area contributed by atoms with Gasteiger partial charge in [-0.25, -0.2) is 0 Å². The van der Waals surface area contributed by atoms with E-state index in [0.717, 1.165) is 21.5 Å². The van der Waals surface area contributed by atoms with Gasteiger partial charge in [0.15, 0.2) is 0 Å². The molecule has 2 heterocycles. The Kier molecular flexibility index (Phi) is 5.17. The van der Waals surface area contributed by atoms with Crippen molar-refractivity contribution in [3.63, 3.8) is 0 Å². The molecular formula is C22H16ClN3O2. The second-order valence-electron chi connectivity index (χ2n) is 6.11. The third kappa shape index (κ3) is 3.80. The van der Waals surface area contributed by atoms with Crippen LogP contribution in [0.2, 0.25) is 5.02 Å². The molecule has 0 aliphatic heterocycles. The lowest BCUT2D eigenvalue weighted by molar-refractivity contribution is 0.0600. The molecule has 0 aliphatic rings. The summed E-state index contributed by atoms with van der Waals surface area (Å²) in [4.78, 5) is 23.9. The fraction of sp³-hybridized carbons (Fsp3) is 0.0455. The Balaban J connectivity index is 1.78. The van der Waals surface area contributed by atoms with Crippen molar-refractivity contribution in [1.82, 2.24) is 14.9 Å². The fourth-order valence-corrected chi connectivity index (χ4v) is 3.01. The van der Waals surface area contributed by atoms with Crippen molar-refractivity contribution in [2.24, 2.45) is 0 Å². The molecular weight excluding hydrogens is 374 g/mol. The summed E-state index contributed by atoms with van der Waals surface area (Å²) in [5.74, 6) is 0. The SMILES string of the molecule is O=c1c(-c2ccncc2)c(-c2ccc(Cl)cc2)cnn1OCc1ccccc1. The van der Waals surface area contributed by atoms with Crippen LogP contribution in [0.3, 0.4) is 0 Å². The normalized spacial score (nSPS) is 10.6. The lowest BCUT2D eigenvalue weighted by atomic mass is 9.98. The third-order valence-electron chi connectivity index (χ3n) is 4.27. The van der Waals surface area contributed by atoms with Gasteiger partial charge in [0.1, 0.15) is 6.61 Å². The van der Waals surface area contributed by atoms with Crippen LogP contribution in [0.5, 0.6) is 0 Å². The van der Waals surface area contributed by atoms with Gasteiger partial charge in [-0.05, 0) is 41.0 Å². The van der Waals surface area contributed by atoms with Gasteiger partial charge in [0.05, 0.1) is 11.8 Å². The van der Waals surface area contributed by atoms with Crippen molar-refractivity contribution < 1.29 is 4.84 Å². The maximum absolute atomic E-state index is 13.2. The second-order valence-corrected chi connectivity index (χ2v) is 6.55. The molecule has 0 amide bonds. The summed E-state index contributed by atoms with van der Waals surface area (Å²) in [7, 11) is 0. The summed E-state index contributed by atoms with van der Waals surface area (Å²) in [6, 6.07) is 20.5. The molecule has 0 atom stereocenters. The quantitative estimate of drug-likeness (QED) is 0.512. The van der Waals surface area contributed by atoms with E-state index < -0.39 is 0 Å². The van der Waals surface area contributed by atoms with Crippen molar-refractivity contribution in [3.8, 4) is 22.3 Å². The molecule has 2 aromatic heterocycles. The molecule has 0 aliphatic carbocycles. The molecule has 138 valence electrons. The van der Waals surface area contributed by atoms with E-state index in [1.54, 1.807) is 42.9 Å². The minimum absolute atomic E-state index is 0.240. The maximum Gasteiger partial charge on any atom is 0.311 e. The molecule has 0 saturated heterocycles. The summed E-state index contributed by atoms with van der Waals surface area (Å²) in [6.07, 6.45) is 4.93. The smallest absolute Gasteiger partial charge is 0.311 e. The predicted molar refractivity (Wildman–Crippen MR) is 109 cm³/mol. The van der Waals surface area contributed by atoms with E-state index in [0.29, 0.717) is 16.1 Å². The molecule has 0 saturated carbocycles. The minimum atomic E-state index is -0.338. The highest BCUT2D eigenvalue weighted by Gasteiger charge is 2.16. The van der Waals surface area contributed by atoms with Gasteiger partial charge in [0.2, 0.25) is 0 Å². The molecule has 0 spiro atoms. The molecule has 0 N–H and O–H groups in total. The predicted octanol–water partition coefficient (Wildman–Crippen LogP) is 4.25. The monoisotopic (exact) mass is 389 g/mol. The van der Waals surface area contributed by atoms with Gasteiger partial charge < -0.3 is 4.84 Å². The summed E-state index contributed by atoms with van der Waals surface area (Å²) in [6.45, 7) is 0.240. The average molecular weight is 390 g/mol. The van der Waals surface area contributed by atoms with Gasteiger partial charge in [-0.3, -0.25) is 9.78 Å². The van der Waals surface area contributed by atoms with Gasteiger partial charge in [-0.1, -0.05) is 58.9 Å². The van der Waals surface area contributed by atoms with Gasteiger partial charge in [-0.15, -0.1) is 5.10 Å². The molecule has 0 radical (unpaired) electrons. The van der Waals surface area contributed by atoms with Crippen LogP contribution in [0.15, 0.2) is 90.1 Å². The van der Waals surface area contributed by atoms with Crippen LogP contribution >= 0.6 is 11.6 Å². The molecule has 4 aromatic rings. The summed E-state index contributed by atoms with van der Waals surface area (Å²) >= 11 is 6.00. The molecule has 0 unspecified atom stereocenters. The zero-order chi connectivity index (χ0) is 19.3. The molecule has 5 nitrogen and oxygen atoms in total. The highest BCUT2D eigenvalue weighted by Crippen LogP contribution is 2.29. The number of benzene rings is 2. The zero-order valence-electron chi connectivity index (χ0n) is 14.8. The Labute approximate surface area is 166 Å². The lowest BCUT2D eigenvalue weighted by Crippen LogP contribution is -2.30. The van der Waals surface area contributed by atoms with E-state index in [9.17, 15) is 4.79 Å². The Morgan fingerprint density at radius 2 is 1.61 bits per heavy atom. The highest BCUT2D eigenvalue weighted by atomic mass is 35.5. The number of halogens is 1. The van der Waals surface area contributed by atoms with Crippen molar-refractivity contribution in [1.29, 1.82) is 0 Å². The van der Waals surface area contributed by atoms with Crippen molar-refractivity contribution in [3.05, 3.63) is 106 Å². The van der Waals surface area contributed by atoms with Crippen LogP contribution < -0.4 is 10.4 Å². The first-order valence-electron chi connectivity index (χ1n) is 8.68. The van der Waals surface area contributed by atoms with E-state index in [1.165, 1.54) is 0 Å². The van der Waals surface area contributed by atoms with Crippen LogP contribution in [0.4, 0.5) is 0 Å². The Hall–Kier alpha value is -3.44. The minimum Gasteiger partial charge on any atom is -0.389 e. The Morgan fingerprint density at radius 1 is 0.893 bits per heavy atom. The number of aromatic nitrogens is 3. The van der Waals surface area contributed by atoms with Gasteiger partial charge in [0.25, 0.3) is 0 Å². The summed E-state index contributed by atoms with van der Waals surface area (Å²) in [5.41, 5.74) is 3.39. The van der Waals surface area contributed by atoms with Crippen molar-refractivity contribution in [2.45, 2.75) is 6.61 Å². The van der Waals surface area contributed by atoms with E-state index in [4.69, 9.17) is 16.4 Å². The van der Waals surface area contributed by atoms with Gasteiger partial charge in [-0.2, -0.15) is 0 Å². The van der Waals surface area contributed by atoms with E-state index >= 15 is 0 Å². The number of nitrogens with zero attached hydrogens (tertiary/aromatic N) is 3. The van der Waals surface area contributed by atoms with Crippen LogP contribution in [-0.4, -0.2) is 14.9 Å². The van der Waals surface area contributed by atoms with E-state index in [2.05, 4.69) is 10.1 Å². The number of pyridine rings is 1. The first-order chi connectivity index (χ1) is 13.7. The number of rotatable bonds is 5. The highest BCUT2D eigenvalue weighted by molar-refractivity contribution is 6.30. The standard InChI is InChI=1S/C22H16ClN3O2/c23-19-8-6-17(7-9-19)20-14-25-26(28-15-16-4-2-1-3-5-16)22(27)21(20)18-10-12-24-13-11-18/h1-14H,15H2. The topological polar surface area (TPSA) is 57.0 Å². The Morgan fingerprint density at radius 3 is 2.32 bits per heavy atom. The molecule has 28 heavy (non-hydrogen) atoms. The molecule has 4 rings (SSSR count). The lowest BCUT2D eigenvalue weighted by Gasteiger charge is -2.13. The second kappa shape index (κ2) is 8.06. The zero-order valence-corrected chi connectivity index (χ0v) is 15.6. The van der Waals surface area contributed by atoms with Crippen LogP contribution in [0.1, 0.15) is 5.56 Å². The Bertz CT molecular complexity index is 1130. The first-order valence-corrected chi connectivity index (χ1v) is 9.06. The van der Waals surface area contributed by atoms with E-state index in [-0.39, 0.29) is 12.2 Å². The molecule has 2 aromatic carbocycles.